The molecule has 2 aliphatic rings. The second-order valence-electron chi connectivity index (χ2n) is 6.74. The molecular formula is C22H26N2. The fourth-order valence-corrected chi connectivity index (χ4v) is 3.99. The van der Waals surface area contributed by atoms with E-state index in [0.29, 0.717) is 11.8 Å². The quantitative estimate of drug-likeness (QED) is 0.649. The number of H-pyrrole nitrogens is 1. The number of aromatic amines is 1. The van der Waals surface area contributed by atoms with Gasteiger partial charge in [-0.05, 0) is 43.0 Å². The number of rotatable bonds is 3. The molecule has 0 saturated carbocycles. The highest BCUT2D eigenvalue weighted by Gasteiger charge is 2.39. The second kappa shape index (κ2) is 6.56. The molecule has 1 aromatic heterocycles. The molecule has 3 unspecified atom stereocenters. The summed E-state index contributed by atoms with van der Waals surface area (Å²) in [5, 5.41) is 6.11. The summed E-state index contributed by atoms with van der Waals surface area (Å²) in [5.41, 5.74) is 4.77. The van der Waals surface area contributed by atoms with Gasteiger partial charge in [-0.25, -0.2) is 0 Å². The molecule has 2 heteroatoms. The third-order valence-corrected chi connectivity index (χ3v) is 5.09. The molecule has 3 atom stereocenters. The lowest BCUT2D eigenvalue weighted by Gasteiger charge is -2.39. The first-order chi connectivity index (χ1) is 11.6. The molecule has 0 radical (unpaired) electrons. The van der Waals surface area contributed by atoms with E-state index in [9.17, 15) is 0 Å². The number of hydrogen-bond donors (Lipinski definition) is 2. The number of fused-ring (bicyclic) bond motifs is 1. The van der Waals surface area contributed by atoms with Gasteiger partial charge in [-0.15, -0.1) is 0 Å². The van der Waals surface area contributed by atoms with E-state index in [2.05, 4.69) is 62.1 Å². The summed E-state index contributed by atoms with van der Waals surface area (Å²) >= 11 is 0. The van der Waals surface area contributed by atoms with Gasteiger partial charge in [-0.2, -0.15) is 0 Å². The normalized spacial score (nSPS) is 28.3. The van der Waals surface area contributed by atoms with Crippen LogP contribution in [0.25, 0.3) is 11.1 Å². The minimum atomic E-state index is 0.224. The van der Waals surface area contributed by atoms with E-state index >= 15 is 0 Å². The number of piperidine rings is 1. The summed E-state index contributed by atoms with van der Waals surface area (Å²) in [6, 6.07) is 2.37. The summed E-state index contributed by atoms with van der Waals surface area (Å²) in [5.74, 6) is 0.844. The molecule has 1 aromatic rings. The van der Waals surface area contributed by atoms with Gasteiger partial charge in [0, 0.05) is 23.4 Å². The minimum absolute atomic E-state index is 0.224. The maximum atomic E-state index is 4.34. The summed E-state index contributed by atoms with van der Waals surface area (Å²) in [6.07, 6.45) is 13.5. The van der Waals surface area contributed by atoms with Crippen LogP contribution in [0.3, 0.4) is 0 Å². The Balaban J connectivity index is 2.17. The third kappa shape index (κ3) is 2.62. The molecule has 124 valence electrons. The molecule has 24 heavy (non-hydrogen) atoms. The van der Waals surface area contributed by atoms with Gasteiger partial charge in [-0.3, -0.25) is 0 Å². The number of allylic oxidation sites excluding steroid dienone is 5. The van der Waals surface area contributed by atoms with Crippen LogP contribution in [-0.4, -0.2) is 11.0 Å². The van der Waals surface area contributed by atoms with Crippen molar-refractivity contribution in [3.63, 3.8) is 0 Å². The molecule has 3 rings (SSSR count). The van der Waals surface area contributed by atoms with Gasteiger partial charge in [0.05, 0.1) is 11.4 Å². The van der Waals surface area contributed by atoms with Crippen LogP contribution in [0, 0.1) is 11.8 Å². The van der Waals surface area contributed by atoms with Crippen LogP contribution < -0.4 is 15.9 Å². The molecule has 2 nitrogen and oxygen atoms in total. The Labute approximate surface area is 144 Å². The zero-order chi connectivity index (χ0) is 17.3. The van der Waals surface area contributed by atoms with Gasteiger partial charge >= 0.3 is 0 Å². The maximum absolute atomic E-state index is 4.34. The molecule has 1 fully saturated rings. The first-order valence-electron chi connectivity index (χ1n) is 8.51. The van der Waals surface area contributed by atoms with Gasteiger partial charge in [0.2, 0.25) is 0 Å². The van der Waals surface area contributed by atoms with E-state index in [-0.39, 0.29) is 6.04 Å². The fraction of sp³-hybridized carbons (Fsp3) is 0.273. The zero-order valence-electron chi connectivity index (χ0n) is 14.6. The smallest absolute Gasteiger partial charge is 0.0553 e. The molecule has 0 spiro atoms. The Morgan fingerprint density at radius 3 is 2.75 bits per heavy atom. The Morgan fingerprint density at radius 2 is 2.08 bits per heavy atom. The lowest BCUT2D eigenvalue weighted by molar-refractivity contribution is 0.373. The summed E-state index contributed by atoms with van der Waals surface area (Å²) in [6.45, 7) is 16.5. The fourth-order valence-electron chi connectivity index (χ4n) is 3.99. The van der Waals surface area contributed by atoms with Gasteiger partial charge in [0.1, 0.15) is 0 Å². The van der Waals surface area contributed by atoms with Crippen LogP contribution in [0.4, 0.5) is 0 Å². The van der Waals surface area contributed by atoms with E-state index in [0.717, 1.165) is 12.1 Å². The van der Waals surface area contributed by atoms with E-state index < -0.39 is 0 Å². The van der Waals surface area contributed by atoms with Gasteiger partial charge < -0.3 is 10.3 Å². The molecule has 2 heterocycles. The van der Waals surface area contributed by atoms with Crippen molar-refractivity contribution in [2.24, 2.45) is 11.8 Å². The van der Waals surface area contributed by atoms with Gasteiger partial charge in [0.15, 0.2) is 0 Å². The van der Waals surface area contributed by atoms with Crippen LogP contribution >= 0.6 is 0 Å². The Bertz CT molecular complexity index is 856. The van der Waals surface area contributed by atoms with Crippen molar-refractivity contribution in [2.75, 3.05) is 0 Å². The van der Waals surface area contributed by atoms with Crippen molar-refractivity contribution in [3.05, 3.63) is 84.2 Å². The minimum Gasteiger partial charge on any atom is -0.378 e. The summed E-state index contributed by atoms with van der Waals surface area (Å²) < 4.78 is 0. The first kappa shape index (κ1) is 16.4. The van der Waals surface area contributed by atoms with Crippen molar-refractivity contribution in [2.45, 2.75) is 26.3 Å². The summed E-state index contributed by atoms with van der Waals surface area (Å²) in [7, 11) is 0. The molecule has 0 bridgehead atoms. The van der Waals surface area contributed by atoms with Crippen molar-refractivity contribution in [3.8, 4) is 0 Å². The number of nitrogens with one attached hydrogen (secondary N) is 2. The molecule has 0 aromatic carbocycles. The van der Waals surface area contributed by atoms with E-state index in [1.165, 1.54) is 27.3 Å². The lowest BCUT2D eigenvalue weighted by atomic mass is 9.75. The molecule has 1 saturated heterocycles. The molecule has 2 N–H and O–H groups in total. The van der Waals surface area contributed by atoms with Crippen molar-refractivity contribution >= 4 is 11.1 Å². The first-order valence-corrected chi connectivity index (χ1v) is 8.51. The SMILES string of the molecule is C=C/C=C(\C=C)C1NC(=C)/C(=c2/[nH]ccc2=C(C)C)C2C=CCC21. The highest BCUT2D eigenvalue weighted by Crippen LogP contribution is 2.42. The predicted octanol–water partition coefficient (Wildman–Crippen LogP) is 3.33. The van der Waals surface area contributed by atoms with Crippen molar-refractivity contribution in [1.82, 2.24) is 10.3 Å². The Hall–Kier alpha value is -2.48. The van der Waals surface area contributed by atoms with Crippen molar-refractivity contribution < 1.29 is 0 Å². The molecule has 1 aliphatic carbocycles. The average Bonchev–Trinajstić information content (AvgIpc) is 3.21. The second-order valence-corrected chi connectivity index (χ2v) is 6.74. The van der Waals surface area contributed by atoms with Crippen LogP contribution in [-0.2, 0) is 0 Å². The average molecular weight is 318 g/mol. The molecule has 0 amide bonds. The molecular weight excluding hydrogens is 292 g/mol. The van der Waals surface area contributed by atoms with Gasteiger partial charge in [0.25, 0.3) is 0 Å². The van der Waals surface area contributed by atoms with E-state index in [1.54, 1.807) is 0 Å². The Kier molecular flexibility index (Phi) is 4.48. The highest BCUT2D eigenvalue weighted by molar-refractivity contribution is 5.69. The standard InChI is InChI=1S/C22H26N2/c1-6-9-16(7-2)21-19-11-8-10-18(19)20(15(5)24-21)22-17(14(3)4)12-13-23-22/h6-10,12-13,18-19,21,23-24H,1-2,5,11H2,3-4H3/b16-9+,22-20-. The number of hydrogen-bond acceptors (Lipinski definition) is 1. The lowest BCUT2D eigenvalue weighted by Crippen LogP contribution is -2.47. The maximum Gasteiger partial charge on any atom is 0.0553 e. The predicted molar refractivity (Wildman–Crippen MR) is 103 cm³/mol. The highest BCUT2D eigenvalue weighted by atomic mass is 15.0. The largest absolute Gasteiger partial charge is 0.378 e. The van der Waals surface area contributed by atoms with E-state index in [4.69, 9.17) is 0 Å². The third-order valence-electron chi connectivity index (χ3n) is 5.09. The molecule has 1 aliphatic heterocycles. The summed E-state index contributed by atoms with van der Waals surface area (Å²) in [4.78, 5) is 3.44. The van der Waals surface area contributed by atoms with Gasteiger partial charge in [-0.1, -0.05) is 55.7 Å². The van der Waals surface area contributed by atoms with Crippen LogP contribution in [0.2, 0.25) is 0 Å². The van der Waals surface area contributed by atoms with Crippen LogP contribution in [0.1, 0.15) is 20.3 Å². The van der Waals surface area contributed by atoms with Crippen LogP contribution in [0.15, 0.2) is 73.7 Å². The topological polar surface area (TPSA) is 27.8 Å². The van der Waals surface area contributed by atoms with Crippen LogP contribution in [0.5, 0.6) is 0 Å². The zero-order valence-corrected chi connectivity index (χ0v) is 14.6. The monoisotopic (exact) mass is 318 g/mol. The van der Waals surface area contributed by atoms with E-state index in [1.807, 2.05) is 24.4 Å². The Morgan fingerprint density at radius 1 is 1.29 bits per heavy atom. The number of aromatic nitrogens is 1. The van der Waals surface area contributed by atoms with Crippen molar-refractivity contribution in [1.29, 1.82) is 0 Å².